The molecular weight excluding hydrogens is 336 g/mol. The monoisotopic (exact) mass is 374 g/mol. The maximum Gasteiger partial charge on any atom is 0.232 e. The number of fused-ring (bicyclic) bond motifs is 4. The first-order chi connectivity index (χ1) is 12.3. The van der Waals surface area contributed by atoms with Gasteiger partial charge in [0.25, 0.3) is 0 Å². The Morgan fingerprint density at radius 3 is 1.44 bits per heavy atom. The predicted molar refractivity (Wildman–Crippen MR) is 107 cm³/mol. The number of hydrogen-bond acceptors (Lipinski definition) is 2. The third-order valence-electron chi connectivity index (χ3n) is 7.77. The lowest BCUT2D eigenvalue weighted by Gasteiger charge is -2.39. The highest BCUT2D eigenvalue weighted by Crippen LogP contribution is 2.54. The van der Waals surface area contributed by atoms with Crippen LogP contribution in [0, 0.1) is 21.7 Å². The molecule has 4 fully saturated rings. The highest BCUT2D eigenvalue weighted by Gasteiger charge is 2.53. The first-order valence-corrected chi connectivity index (χ1v) is 10.9. The van der Waals surface area contributed by atoms with Crippen LogP contribution in [-0.2, 0) is 9.59 Å². The molecule has 27 heavy (non-hydrogen) atoms. The van der Waals surface area contributed by atoms with Gasteiger partial charge < -0.3 is 9.80 Å². The molecule has 0 aromatic rings. The highest BCUT2D eigenvalue weighted by molar-refractivity contribution is 5.97. The maximum atomic E-state index is 13.1. The lowest BCUT2D eigenvalue weighted by atomic mass is 9.65. The lowest BCUT2D eigenvalue weighted by molar-refractivity contribution is -0.141. The van der Waals surface area contributed by atoms with E-state index >= 15 is 0 Å². The van der Waals surface area contributed by atoms with Gasteiger partial charge in [0.1, 0.15) is 6.42 Å². The van der Waals surface area contributed by atoms with E-state index in [1.807, 2.05) is 0 Å². The summed E-state index contributed by atoms with van der Waals surface area (Å²) < 4.78 is 0. The van der Waals surface area contributed by atoms with Crippen LogP contribution in [0.25, 0.3) is 0 Å². The Balaban J connectivity index is 1.43. The minimum Gasteiger partial charge on any atom is -0.339 e. The number of carbonyl (C=O) groups excluding carboxylic acids is 2. The Labute approximate surface area is 165 Å². The van der Waals surface area contributed by atoms with Gasteiger partial charge in [-0.05, 0) is 60.2 Å². The molecule has 2 saturated carbocycles. The molecule has 2 aliphatic heterocycles. The molecule has 4 aliphatic rings. The lowest BCUT2D eigenvalue weighted by Crippen LogP contribution is -2.42. The van der Waals surface area contributed by atoms with Gasteiger partial charge >= 0.3 is 0 Å². The average molecular weight is 375 g/mol. The van der Waals surface area contributed by atoms with Crippen LogP contribution >= 0.6 is 0 Å². The molecule has 4 heteroatoms. The molecule has 0 spiro atoms. The van der Waals surface area contributed by atoms with Crippen molar-refractivity contribution in [2.75, 3.05) is 13.1 Å². The van der Waals surface area contributed by atoms with Crippen LogP contribution < -0.4 is 0 Å². The molecule has 4 rings (SSSR count). The third kappa shape index (κ3) is 3.53. The second-order valence-corrected chi connectivity index (χ2v) is 12.6. The van der Waals surface area contributed by atoms with E-state index in [0.29, 0.717) is 22.9 Å². The average Bonchev–Trinajstić information content (AvgIpc) is 2.86. The summed E-state index contributed by atoms with van der Waals surface area (Å²) in [5.41, 5.74) is 1.05. The quantitative estimate of drug-likeness (QED) is 0.679. The third-order valence-corrected chi connectivity index (χ3v) is 7.77. The summed E-state index contributed by atoms with van der Waals surface area (Å²) in [7, 11) is 0. The normalized spacial score (nSPS) is 41.7. The summed E-state index contributed by atoms with van der Waals surface area (Å²) in [5, 5.41) is 0. The van der Waals surface area contributed by atoms with Gasteiger partial charge in [0.05, 0.1) is 0 Å². The van der Waals surface area contributed by atoms with Gasteiger partial charge in [-0.15, -0.1) is 0 Å². The molecule has 4 atom stereocenters. The zero-order chi connectivity index (χ0) is 19.8. The van der Waals surface area contributed by atoms with E-state index in [0.717, 1.165) is 38.8 Å². The zero-order valence-electron chi connectivity index (χ0n) is 18.2. The van der Waals surface area contributed by atoms with Crippen LogP contribution in [0.5, 0.6) is 0 Å². The van der Waals surface area contributed by atoms with Crippen LogP contribution in [0.2, 0.25) is 0 Å². The fraction of sp³-hybridized carbons (Fsp3) is 0.913. The minimum absolute atomic E-state index is 0.0669. The first kappa shape index (κ1) is 19.3. The fourth-order valence-electron chi connectivity index (χ4n) is 7.84. The fourth-order valence-corrected chi connectivity index (χ4v) is 7.84. The van der Waals surface area contributed by atoms with E-state index in [2.05, 4.69) is 51.3 Å². The smallest absolute Gasteiger partial charge is 0.232 e. The van der Waals surface area contributed by atoms with Crippen molar-refractivity contribution in [1.29, 1.82) is 0 Å². The molecule has 0 aromatic heterocycles. The Morgan fingerprint density at radius 1 is 0.704 bits per heavy atom. The molecule has 2 aliphatic carbocycles. The molecule has 0 aromatic carbocycles. The molecule has 0 N–H and O–H groups in total. The van der Waals surface area contributed by atoms with Crippen LogP contribution in [0.1, 0.15) is 86.5 Å². The molecule has 2 amide bonds. The van der Waals surface area contributed by atoms with Gasteiger partial charge in [0, 0.05) is 25.2 Å². The summed E-state index contributed by atoms with van der Waals surface area (Å²) in [6, 6.07) is 0.654. The van der Waals surface area contributed by atoms with Crippen molar-refractivity contribution in [2.45, 2.75) is 98.6 Å². The van der Waals surface area contributed by atoms with Crippen molar-refractivity contribution in [1.82, 2.24) is 9.80 Å². The first-order valence-electron chi connectivity index (χ1n) is 10.9. The molecule has 4 bridgehead atoms. The van der Waals surface area contributed by atoms with Crippen molar-refractivity contribution in [2.24, 2.45) is 21.7 Å². The molecule has 152 valence electrons. The standard InChI is InChI=1S/C23H38N2O2/c1-20(2)8-16-10-22(5,12-20)14-24(16)18(26)7-19(27)25-15-23(6)11-17(25)9-21(3,4)13-23/h16-17H,7-15H2,1-6H3/t16-,17+,22-,23+. The van der Waals surface area contributed by atoms with Crippen molar-refractivity contribution >= 4 is 11.8 Å². The summed E-state index contributed by atoms with van der Waals surface area (Å²) in [6.45, 7) is 15.6. The Morgan fingerprint density at radius 2 is 1.07 bits per heavy atom. The molecule has 0 radical (unpaired) electrons. The minimum atomic E-state index is 0.0669. The van der Waals surface area contributed by atoms with Gasteiger partial charge in [0.2, 0.25) is 11.8 Å². The Hall–Kier alpha value is -1.06. The van der Waals surface area contributed by atoms with Gasteiger partial charge in [-0.25, -0.2) is 0 Å². The van der Waals surface area contributed by atoms with Gasteiger partial charge in [-0.2, -0.15) is 0 Å². The molecule has 2 heterocycles. The topological polar surface area (TPSA) is 40.6 Å². The van der Waals surface area contributed by atoms with Gasteiger partial charge in [-0.3, -0.25) is 9.59 Å². The number of carbonyl (C=O) groups is 2. The van der Waals surface area contributed by atoms with E-state index in [9.17, 15) is 9.59 Å². The highest BCUT2D eigenvalue weighted by atomic mass is 16.2. The molecule has 2 saturated heterocycles. The molecule has 4 nitrogen and oxygen atoms in total. The van der Waals surface area contributed by atoms with Crippen molar-refractivity contribution in [3.8, 4) is 0 Å². The van der Waals surface area contributed by atoms with E-state index in [-0.39, 0.29) is 29.1 Å². The summed E-state index contributed by atoms with van der Waals surface area (Å²) >= 11 is 0. The predicted octanol–water partition coefficient (Wildman–Crippen LogP) is 4.23. The van der Waals surface area contributed by atoms with Crippen molar-refractivity contribution in [3.05, 3.63) is 0 Å². The van der Waals surface area contributed by atoms with Crippen LogP contribution in [0.15, 0.2) is 0 Å². The van der Waals surface area contributed by atoms with Gasteiger partial charge in [-0.1, -0.05) is 41.5 Å². The SMILES string of the molecule is CC1(C)C[C@@H]2C[C@@](C)(CN2C(=O)CC(=O)N2C[C@@]3(C)C[C@@H]2CC(C)(C)C3)C1. The largest absolute Gasteiger partial charge is 0.339 e. The maximum absolute atomic E-state index is 13.1. The number of likely N-dealkylation sites (tertiary alicyclic amines) is 2. The van der Waals surface area contributed by atoms with E-state index in [1.54, 1.807) is 0 Å². The number of amides is 2. The Kier molecular flexibility index (Phi) is 4.09. The molecule has 0 unspecified atom stereocenters. The van der Waals surface area contributed by atoms with Crippen LogP contribution in [0.4, 0.5) is 0 Å². The Bertz CT molecular complexity index is 613. The zero-order valence-corrected chi connectivity index (χ0v) is 18.2. The number of hydrogen-bond donors (Lipinski definition) is 0. The number of nitrogens with zero attached hydrogens (tertiary/aromatic N) is 2. The van der Waals surface area contributed by atoms with Crippen molar-refractivity contribution in [3.63, 3.8) is 0 Å². The summed E-state index contributed by atoms with van der Waals surface area (Å²) in [6.07, 6.45) is 6.78. The van der Waals surface area contributed by atoms with Crippen LogP contribution in [-0.4, -0.2) is 46.8 Å². The van der Waals surface area contributed by atoms with E-state index in [4.69, 9.17) is 0 Å². The second-order valence-electron chi connectivity index (χ2n) is 12.6. The van der Waals surface area contributed by atoms with Crippen molar-refractivity contribution < 1.29 is 9.59 Å². The van der Waals surface area contributed by atoms with E-state index < -0.39 is 0 Å². The second kappa shape index (κ2) is 5.73. The number of rotatable bonds is 2. The summed E-state index contributed by atoms with van der Waals surface area (Å²) in [4.78, 5) is 30.3. The van der Waals surface area contributed by atoms with Crippen LogP contribution in [0.3, 0.4) is 0 Å². The molecular formula is C23H38N2O2. The van der Waals surface area contributed by atoms with Gasteiger partial charge in [0.15, 0.2) is 0 Å². The summed E-state index contributed by atoms with van der Waals surface area (Å²) in [5.74, 6) is 0.134. The van der Waals surface area contributed by atoms with E-state index in [1.165, 1.54) is 12.8 Å².